The number of carbonyl (C=O) groups excluding carboxylic acids is 2. The lowest BCUT2D eigenvalue weighted by Crippen LogP contribution is -2.57. The van der Waals surface area contributed by atoms with Crippen LogP contribution in [0, 0.1) is 0 Å². The quantitative estimate of drug-likeness (QED) is 0.687. The summed E-state index contributed by atoms with van der Waals surface area (Å²) in [6.45, 7) is 1.97. The van der Waals surface area contributed by atoms with Crippen LogP contribution in [0.1, 0.15) is 38.2 Å². The van der Waals surface area contributed by atoms with Gasteiger partial charge in [0.2, 0.25) is 11.8 Å². The Morgan fingerprint density at radius 3 is 2.62 bits per heavy atom. The SMILES string of the molecule is CC(=O)NC1CC(N(C)C)CCC1N1CCC(Nc2ncnc3ccc(C(F)(F)F)cc23)C1=O. The van der Waals surface area contributed by atoms with Crippen LogP contribution >= 0.6 is 0 Å². The van der Waals surface area contributed by atoms with Gasteiger partial charge in [0.15, 0.2) is 0 Å². The molecule has 1 aliphatic carbocycles. The normalized spacial score (nSPS) is 25.7. The summed E-state index contributed by atoms with van der Waals surface area (Å²) in [5.74, 6) is -0.0722. The van der Waals surface area contributed by atoms with Gasteiger partial charge in [-0.1, -0.05) is 0 Å². The average molecular weight is 479 g/mol. The largest absolute Gasteiger partial charge is 0.416 e. The highest BCUT2D eigenvalue weighted by molar-refractivity contribution is 5.93. The van der Waals surface area contributed by atoms with Crippen molar-refractivity contribution in [1.82, 2.24) is 25.1 Å². The van der Waals surface area contributed by atoms with Crippen molar-refractivity contribution in [2.24, 2.45) is 0 Å². The molecule has 2 aromatic rings. The summed E-state index contributed by atoms with van der Waals surface area (Å²) in [6, 6.07) is 2.70. The number of alkyl halides is 3. The number of carbonyl (C=O) groups is 2. The molecule has 34 heavy (non-hydrogen) atoms. The Morgan fingerprint density at radius 2 is 1.94 bits per heavy atom. The number of nitrogens with one attached hydrogen (secondary N) is 2. The van der Waals surface area contributed by atoms with Crippen molar-refractivity contribution in [3.05, 3.63) is 30.1 Å². The number of fused-ring (bicyclic) bond motifs is 1. The molecule has 2 aliphatic rings. The lowest BCUT2D eigenvalue weighted by Gasteiger charge is -2.43. The second-order valence-corrected chi connectivity index (χ2v) is 9.27. The molecule has 2 amide bonds. The van der Waals surface area contributed by atoms with Crippen LogP contribution in [0.25, 0.3) is 10.9 Å². The van der Waals surface area contributed by atoms with Crippen molar-refractivity contribution in [3.8, 4) is 0 Å². The van der Waals surface area contributed by atoms with E-state index in [-0.39, 0.29) is 35.1 Å². The maximum atomic E-state index is 13.3. The Kier molecular flexibility index (Phi) is 6.66. The van der Waals surface area contributed by atoms with E-state index in [2.05, 4.69) is 25.5 Å². The highest BCUT2D eigenvalue weighted by Crippen LogP contribution is 2.34. The van der Waals surface area contributed by atoms with Crippen molar-refractivity contribution >= 4 is 28.5 Å². The standard InChI is InChI=1S/C23H29F3N6O2/c1-13(33)29-19-11-15(31(2)3)5-7-20(19)32-9-8-18(22(32)34)30-21-16-10-14(23(24,25)26)4-6-17(16)27-12-28-21/h4,6,10,12,15,18-20H,5,7-9,11H2,1-3H3,(H,29,33)(H,27,28,30). The number of halogens is 3. The number of hydrogen-bond acceptors (Lipinski definition) is 6. The summed E-state index contributed by atoms with van der Waals surface area (Å²) in [5, 5.41) is 6.29. The number of aromatic nitrogens is 2. The zero-order chi connectivity index (χ0) is 24.6. The fourth-order valence-electron chi connectivity index (χ4n) is 5.07. The molecule has 4 rings (SSSR count). The van der Waals surface area contributed by atoms with Gasteiger partial charge in [-0.25, -0.2) is 9.97 Å². The van der Waals surface area contributed by atoms with Gasteiger partial charge in [0.05, 0.1) is 23.2 Å². The Balaban J connectivity index is 1.53. The molecule has 4 unspecified atom stereocenters. The second-order valence-electron chi connectivity index (χ2n) is 9.27. The first kappa shape index (κ1) is 24.2. The first-order chi connectivity index (χ1) is 16.0. The number of rotatable bonds is 5. The number of likely N-dealkylation sites (tertiary alicyclic amines) is 1. The van der Waals surface area contributed by atoms with Crippen molar-refractivity contribution in [2.45, 2.75) is 63.0 Å². The maximum Gasteiger partial charge on any atom is 0.416 e. The Hall–Kier alpha value is -2.95. The lowest BCUT2D eigenvalue weighted by atomic mass is 9.85. The highest BCUT2D eigenvalue weighted by Gasteiger charge is 2.42. The molecule has 0 spiro atoms. The molecule has 2 heterocycles. The molecule has 1 saturated carbocycles. The van der Waals surface area contributed by atoms with Crippen LogP contribution in [0.5, 0.6) is 0 Å². The van der Waals surface area contributed by atoms with Crippen molar-refractivity contribution in [2.75, 3.05) is 26.0 Å². The monoisotopic (exact) mass is 478 g/mol. The Bertz CT molecular complexity index is 1080. The van der Waals surface area contributed by atoms with E-state index in [1.165, 1.54) is 19.3 Å². The zero-order valence-electron chi connectivity index (χ0n) is 19.4. The molecule has 11 heteroatoms. The number of anilines is 1. The molecule has 1 aromatic carbocycles. The van der Waals surface area contributed by atoms with E-state index in [0.29, 0.717) is 24.5 Å². The van der Waals surface area contributed by atoms with E-state index in [0.717, 1.165) is 31.4 Å². The molecular weight excluding hydrogens is 449 g/mol. The van der Waals surface area contributed by atoms with Gasteiger partial charge in [0.1, 0.15) is 18.2 Å². The minimum absolute atomic E-state index is 0.127. The third-order valence-corrected chi connectivity index (χ3v) is 6.82. The Labute approximate surface area is 195 Å². The topological polar surface area (TPSA) is 90.5 Å². The van der Waals surface area contributed by atoms with Gasteiger partial charge >= 0.3 is 6.18 Å². The molecular formula is C23H29F3N6O2. The van der Waals surface area contributed by atoms with E-state index >= 15 is 0 Å². The molecule has 0 radical (unpaired) electrons. The molecule has 8 nitrogen and oxygen atoms in total. The molecule has 2 fully saturated rings. The van der Waals surface area contributed by atoms with Gasteiger partial charge < -0.3 is 20.4 Å². The minimum atomic E-state index is -4.49. The summed E-state index contributed by atoms with van der Waals surface area (Å²) in [4.78, 5) is 37.3. The highest BCUT2D eigenvalue weighted by atomic mass is 19.4. The average Bonchev–Trinajstić information content (AvgIpc) is 3.12. The summed E-state index contributed by atoms with van der Waals surface area (Å²) in [6.07, 6.45) is -0.320. The molecule has 1 aliphatic heterocycles. The van der Waals surface area contributed by atoms with Crippen LogP contribution in [0.2, 0.25) is 0 Å². The first-order valence-corrected chi connectivity index (χ1v) is 11.4. The van der Waals surface area contributed by atoms with Gasteiger partial charge in [-0.3, -0.25) is 9.59 Å². The van der Waals surface area contributed by atoms with Gasteiger partial charge in [-0.2, -0.15) is 13.2 Å². The molecule has 1 aromatic heterocycles. The van der Waals surface area contributed by atoms with Crippen molar-refractivity contribution < 1.29 is 22.8 Å². The third kappa shape index (κ3) is 4.94. The number of hydrogen-bond donors (Lipinski definition) is 2. The van der Waals surface area contributed by atoms with E-state index < -0.39 is 17.8 Å². The molecule has 184 valence electrons. The van der Waals surface area contributed by atoms with E-state index in [9.17, 15) is 22.8 Å². The lowest BCUT2D eigenvalue weighted by molar-refractivity contribution is -0.137. The summed E-state index contributed by atoms with van der Waals surface area (Å²) < 4.78 is 39.7. The van der Waals surface area contributed by atoms with Crippen LogP contribution in [-0.4, -0.2) is 76.4 Å². The smallest absolute Gasteiger partial charge is 0.358 e. The Morgan fingerprint density at radius 1 is 1.18 bits per heavy atom. The molecule has 4 atom stereocenters. The maximum absolute atomic E-state index is 13.3. The van der Waals surface area contributed by atoms with Crippen LogP contribution in [0.15, 0.2) is 24.5 Å². The number of amides is 2. The fraction of sp³-hybridized carbons (Fsp3) is 0.565. The van der Waals surface area contributed by atoms with Crippen LogP contribution in [-0.2, 0) is 15.8 Å². The number of nitrogens with zero attached hydrogens (tertiary/aromatic N) is 4. The van der Waals surface area contributed by atoms with E-state index in [1.807, 2.05) is 14.1 Å². The predicted molar refractivity (Wildman–Crippen MR) is 121 cm³/mol. The van der Waals surface area contributed by atoms with E-state index in [4.69, 9.17) is 0 Å². The summed E-state index contributed by atoms with van der Waals surface area (Å²) >= 11 is 0. The van der Waals surface area contributed by atoms with Crippen molar-refractivity contribution in [1.29, 1.82) is 0 Å². The van der Waals surface area contributed by atoms with Crippen LogP contribution in [0.4, 0.5) is 19.0 Å². The molecule has 1 saturated heterocycles. The van der Waals surface area contributed by atoms with Crippen molar-refractivity contribution in [3.63, 3.8) is 0 Å². The predicted octanol–water partition coefficient (Wildman–Crippen LogP) is 2.65. The molecule has 2 N–H and O–H groups in total. The second kappa shape index (κ2) is 9.36. The first-order valence-electron chi connectivity index (χ1n) is 11.4. The fourth-order valence-corrected chi connectivity index (χ4v) is 5.07. The van der Waals surface area contributed by atoms with Gasteiger partial charge in [-0.15, -0.1) is 0 Å². The number of benzene rings is 1. The summed E-state index contributed by atoms with van der Waals surface area (Å²) in [7, 11) is 4.01. The third-order valence-electron chi connectivity index (χ3n) is 6.82. The molecule has 0 bridgehead atoms. The van der Waals surface area contributed by atoms with Crippen LogP contribution < -0.4 is 10.6 Å². The zero-order valence-corrected chi connectivity index (χ0v) is 19.4. The summed E-state index contributed by atoms with van der Waals surface area (Å²) in [5.41, 5.74) is -0.437. The van der Waals surface area contributed by atoms with Gasteiger partial charge in [0.25, 0.3) is 0 Å². The van der Waals surface area contributed by atoms with Gasteiger partial charge in [0, 0.05) is 24.9 Å². The van der Waals surface area contributed by atoms with Gasteiger partial charge in [-0.05, 0) is 58.0 Å². The van der Waals surface area contributed by atoms with Crippen LogP contribution in [0.3, 0.4) is 0 Å². The van der Waals surface area contributed by atoms with E-state index in [1.54, 1.807) is 4.90 Å². The minimum Gasteiger partial charge on any atom is -0.358 e.